The molecule has 0 aliphatic heterocycles. The number of hydrogen-bond acceptors (Lipinski definition) is 2. The first kappa shape index (κ1) is 16.4. The Balaban J connectivity index is 2.07. The molecule has 0 spiro atoms. The van der Waals surface area contributed by atoms with Gasteiger partial charge in [0.25, 0.3) is 0 Å². The van der Waals surface area contributed by atoms with E-state index in [0.29, 0.717) is 5.56 Å². The number of nitrogens with zero attached hydrogens (tertiary/aromatic N) is 2. The molecule has 3 heteroatoms. The SMILES string of the molecule is Cc1cc2c(cc1-c1cccc[n+]1C)oc1c(C(C)C)c(C#N)ccc12. The number of hydrogen-bond donors (Lipinski definition) is 0. The molecular formula is C23H21N2O+. The third kappa shape index (κ3) is 2.38. The van der Waals surface area contributed by atoms with Crippen LogP contribution in [0, 0.1) is 18.3 Å². The van der Waals surface area contributed by atoms with E-state index in [4.69, 9.17) is 4.42 Å². The van der Waals surface area contributed by atoms with E-state index >= 15 is 0 Å². The molecule has 0 bridgehead atoms. The van der Waals surface area contributed by atoms with Gasteiger partial charge in [0.2, 0.25) is 5.69 Å². The summed E-state index contributed by atoms with van der Waals surface area (Å²) in [6.45, 7) is 6.33. The summed E-state index contributed by atoms with van der Waals surface area (Å²) < 4.78 is 8.40. The quantitative estimate of drug-likeness (QED) is 0.459. The predicted octanol–water partition coefficient (Wildman–Crippen LogP) is 5.38. The van der Waals surface area contributed by atoms with Crippen LogP contribution >= 0.6 is 0 Å². The number of nitriles is 1. The minimum Gasteiger partial charge on any atom is -0.456 e. The number of aromatic nitrogens is 1. The van der Waals surface area contributed by atoms with Crippen molar-refractivity contribution < 1.29 is 8.98 Å². The highest BCUT2D eigenvalue weighted by Crippen LogP contribution is 2.38. The van der Waals surface area contributed by atoms with E-state index in [1.165, 1.54) is 5.56 Å². The number of pyridine rings is 1. The summed E-state index contributed by atoms with van der Waals surface area (Å²) in [6, 6.07) is 16.7. The smallest absolute Gasteiger partial charge is 0.212 e. The van der Waals surface area contributed by atoms with E-state index in [1.54, 1.807) is 0 Å². The van der Waals surface area contributed by atoms with Gasteiger partial charge in [0.15, 0.2) is 6.20 Å². The Hall–Kier alpha value is -3.12. The average Bonchev–Trinajstić information content (AvgIpc) is 2.97. The molecule has 0 aliphatic carbocycles. The summed E-state index contributed by atoms with van der Waals surface area (Å²) in [5.41, 5.74) is 6.89. The summed E-state index contributed by atoms with van der Waals surface area (Å²) in [5, 5.41) is 11.7. The second-order valence-electron chi connectivity index (χ2n) is 7.13. The molecule has 0 unspecified atom stereocenters. The molecule has 4 aromatic rings. The molecule has 3 nitrogen and oxygen atoms in total. The zero-order valence-corrected chi connectivity index (χ0v) is 15.5. The molecule has 26 heavy (non-hydrogen) atoms. The second-order valence-corrected chi connectivity index (χ2v) is 7.13. The summed E-state index contributed by atoms with van der Waals surface area (Å²) in [6.07, 6.45) is 2.05. The normalized spacial score (nSPS) is 11.4. The second kappa shape index (κ2) is 6.00. The van der Waals surface area contributed by atoms with Crippen LogP contribution in [0.3, 0.4) is 0 Å². The minimum atomic E-state index is 0.224. The van der Waals surface area contributed by atoms with E-state index in [1.807, 2.05) is 37.5 Å². The van der Waals surface area contributed by atoms with Gasteiger partial charge in [-0.3, -0.25) is 0 Å². The van der Waals surface area contributed by atoms with Crippen molar-refractivity contribution in [2.75, 3.05) is 0 Å². The van der Waals surface area contributed by atoms with Gasteiger partial charge >= 0.3 is 0 Å². The monoisotopic (exact) mass is 341 g/mol. The van der Waals surface area contributed by atoms with Gasteiger partial charge in [0.05, 0.1) is 17.2 Å². The maximum absolute atomic E-state index is 9.47. The Morgan fingerprint density at radius 3 is 2.58 bits per heavy atom. The van der Waals surface area contributed by atoms with Gasteiger partial charge in [-0.2, -0.15) is 5.26 Å². The van der Waals surface area contributed by atoms with Gasteiger partial charge < -0.3 is 4.42 Å². The topological polar surface area (TPSA) is 40.8 Å². The molecule has 2 aromatic heterocycles. The molecule has 2 heterocycles. The van der Waals surface area contributed by atoms with Crippen LogP contribution in [0.1, 0.15) is 36.5 Å². The Bertz CT molecular complexity index is 1190. The average molecular weight is 341 g/mol. The predicted molar refractivity (Wildman–Crippen MR) is 104 cm³/mol. The van der Waals surface area contributed by atoms with Gasteiger partial charge in [-0.1, -0.05) is 13.8 Å². The molecule has 4 rings (SSSR count). The van der Waals surface area contributed by atoms with Crippen LogP contribution in [0.25, 0.3) is 33.2 Å². The molecule has 128 valence electrons. The van der Waals surface area contributed by atoms with Crippen molar-refractivity contribution in [3.8, 4) is 17.3 Å². The first-order valence-electron chi connectivity index (χ1n) is 8.86. The lowest BCUT2D eigenvalue weighted by molar-refractivity contribution is -0.660. The lowest BCUT2D eigenvalue weighted by Gasteiger charge is -2.07. The highest BCUT2D eigenvalue weighted by atomic mass is 16.3. The first-order chi connectivity index (χ1) is 12.5. The van der Waals surface area contributed by atoms with E-state index in [9.17, 15) is 5.26 Å². The van der Waals surface area contributed by atoms with E-state index < -0.39 is 0 Å². The summed E-state index contributed by atoms with van der Waals surface area (Å²) >= 11 is 0. The molecule has 2 aromatic carbocycles. The van der Waals surface area contributed by atoms with Crippen molar-refractivity contribution in [3.05, 3.63) is 65.4 Å². The minimum absolute atomic E-state index is 0.224. The van der Waals surface area contributed by atoms with E-state index in [-0.39, 0.29) is 5.92 Å². The van der Waals surface area contributed by atoms with Crippen molar-refractivity contribution in [2.45, 2.75) is 26.7 Å². The number of fused-ring (bicyclic) bond motifs is 3. The standard InChI is InChI=1S/C23H21N2O/c1-14(2)22-16(13-24)8-9-17-19-11-15(3)18(12-21(19)26-23(17)22)20-7-5-6-10-25(20)4/h5-12,14H,1-4H3/q+1. The zero-order chi connectivity index (χ0) is 18.4. The summed E-state index contributed by atoms with van der Waals surface area (Å²) in [5.74, 6) is 0.224. The van der Waals surface area contributed by atoms with Crippen LogP contribution < -0.4 is 4.57 Å². The third-order valence-corrected chi connectivity index (χ3v) is 5.05. The number of rotatable bonds is 2. The van der Waals surface area contributed by atoms with Gasteiger partial charge in [-0.05, 0) is 48.7 Å². The van der Waals surface area contributed by atoms with Crippen LogP contribution in [-0.4, -0.2) is 0 Å². The maximum atomic E-state index is 9.47. The Morgan fingerprint density at radius 1 is 1.08 bits per heavy atom. The number of furan rings is 1. The van der Waals surface area contributed by atoms with Crippen molar-refractivity contribution in [1.82, 2.24) is 0 Å². The lowest BCUT2D eigenvalue weighted by atomic mass is 9.94. The Kier molecular flexibility index (Phi) is 3.77. The van der Waals surface area contributed by atoms with Crippen molar-refractivity contribution in [2.24, 2.45) is 7.05 Å². The Morgan fingerprint density at radius 2 is 1.88 bits per heavy atom. The van der Waals surface area contributed by atoms with Crippen molar-refractivity contribution in [1.29, 1.82) is 5.26 Å². The molecule has 0 fully saturated rings. The van der Waals surface area contributed by atoms with Crippen LogP contribution in [0.2, 0.25) is 0 Å². The van der Waals surface area contributed by atoms with Gasteiger partial charge in [-0.25, -0.2) is 4.57 Å². The fourth-order valence-electron chi connectivity index (χ4n) is 3.76. The highest BCUT2D eigenvalue weighted by Gasteiger charge is 2.20. The van der Waals surface area contributed by atoms with Gasteiger partial charge in [0.1, 0.15) is 18.2 Å². The van der Waals surface area contributed by atoms with Crippen LogP contribution in [0.5, 0.6) is 0 Å². The molecule has 0 N–H and O–H groups in total. The zero-order valence-electron chi connectivity index (χ0n) is 15.5. The van der Waals surface area contributed by atoms with Crippen molar-refractivity contribution >= 4 is 21.9 Å². The van der Waals surface area contributed by atoms with E-state index in [2.05, 4.69) is 49.6 Å². The third-order valence-electron chi connectivity index (χ3n) is 5.05. The van der Waals surface area contributed by atoms with Crippen molar-refractivity contribution in [3.63, 3.8) is 0 Å². The van der Waals surface area contributed by atoms with Crippen LogP contribution in [0.4, 0.5) is 0 Å². The summed E-state index contributed by atoms with van der Waals surface area (Å²) in [7, 11) is 2.05. The molecule has 0 radical (unpaired) electrons. The van der Waals surface area contributed by atoms with Gasteiger partial charge in [0, 0.05) is 28.5 Å². The first-order valence-corrected chi connectivity index (χ1v) is 8.86. The van der Waals surface area contributed by atoms with Crippen LogP contribution in [0.15, 0.2) is 53.1 Å². The molecule has 0 atom stereocenters. The Labute approximate surface area is 153 Å². The molecule has 0 saturated heterocycles. The fraction of sp³-hybridized carbons (Fsp3) is 0.217. The largest absolute Gasteiger partial charge is 0.456 e. The van der Waals surface area contributed by atoms with Gasteiger partial charge in [-0.15, -0.1) is 0 Å². The number of benzene rings is 2. The molecular weight excluding hydrogens is 320 g/mol. The molecule has 0 saturated carbocycles. The molecule has 0 amide bonds. The van der Waals surface area contributed by atoms with Crippen LogP contribution in [-0.2, 0) is 7.05 Å². The maximum Gasteiger partial charge on any atom is 0.212 e. The molecule has 0 aliphatic rings. The lowest BCUT2D eigenvalue weighted by Crippen LogP contribution is -2.30. The summed E-state index contributed by atoms with van der Waals surface area (Å²) in [4.78, 5) is 0. The highest BCUT2D eigenvalue weighted by molar-refractivity contribution is 6.07. The van der Waals surface area contributed by atoms with E-state index in [0.717, 1.165) is 38.8 Å². The fourth-order valence-corrected chi connectivity index (χ4v) is 3.76. The number of aryl methyl sites for hydroxylation is 2.